The van der Waals surface area contributed by atoms with Crippen molar-refractivity contribution in [3.63, 3.8) is 0 Å². The monoisotopic (exact) mass is 287 g/mol. The van der Waals surface area contributed by atoms with Gasteiger partial charge in [-0.15, -0.1) is 0 Å². The fourth-order valence-electron chi connectivity index (χ4n) is 2.45. The van der Waals surface area contributed by atoms with E-state index in [1.807, 2.05) is 0 Å². The summed E-state index contributed by atoms with van der Waals surface area (Å²) >= 11 is 0. The number of urea groups is 1. The maximum absolute atomic E-state index is 12.0. The summed E-state index contributed by atoms with van der Waals surface area (Å²) in [4.78, 5) is 23.9. The number of carbonyl (C=O) groups is 1. The molecule has 2 heterocycles. The Labute approximate surface area is 122 Å². The Morgan fingerprint density at radius 1 is 1.19 bits per heavy atom. The Balaban J connectivity index is 1.62. The summed E-state index contributed by atoms with van der Waals surface area (Å²) in [7, 11) is 0. The van der Waals surface area contributed by atoms with Gasteiger partial charge in [0.2, 0.25) is 0 Å². The van der Waals surface area contributed by atoms with E-state index in [0.717, 1.165) is 12.8 Å². The fraction of sp³-hybridized carbons (Fsp3) is 0.462. The summed E-state index contributed by atoms with van der Waals surface area (Å²) in [6.45, 7) is 0. The fourth-order valence-corrected chi connectivity index (χ4v) is 2.45. The van der Waals surface area contributed by atoms with Gasteiger partial charge in [0.25, 0.3) is 0 Å². The second kappa shape index (κ2) is 6.29. The van der Waals surface area contributed by atoms with E-state index < -0.39 is 0 Å². The predicted molar refractivity (Wildman–Crippen MR) is 76.0 cm³/mol. The summed E-state index contributed by atoms with van der Waals surface area (Å²) < 4.78 is 1.51. The lowest BCUT2D eigenvalue weighted by Gasteiger charge is -2.22. The van der Waals surface area contributed by atoms with Crippen LogP contribution in [0.3, 0.4) is 0 Å². The number of aromatic nitrogens is 5. The van der Waals surface area contributed by atoms with E-state index in [0.29, 0.717) is 11.6 Å². The lowest BCUT2D eigenvalue weighted by atomic mass is 9.96. The van der Waals surface area contributed by atoms with Crippen molar-refractivity contribution in [2.24, 2.45) is 0 Å². The molecule has 3 rings (SSSR count). The van der Waals surface area contributed by atoms with Crippen LogP contribution in [0.4, 0.5) is 10.6 Å². The van der Waals surface area contributed by atoms with Gasteiger partial charge in [-0.3, -0.25) is 5.32 Å². The number of carbonyl (C=O) groups excluding carboxylic acids is 1. The van der Waals surface area contributed by atoms with Gasteiger partial charge >= 0.3 is 6.03 Å². The Bertz CT molecular complexity index is 592. The van der Waals surface area contributed by atoms with Crippen molar-refractivity contribution in [2.45, 2.75) is 38.1 Å². The van der Waals surface area contributed by atoms with Crippen LogP contribution in [0.5, 0.6) is 0 Å². The summed E-state index contributed by atoms with van der Waals surface area (Å²) in [6, 6.07) is 1.68. The van der Waals surface area contributed by atoms with Crippen molar-refractivity contribution in [2.75, 3.05) is 5.32 Å². The van der Waals surface area contributed by atoms with Crippen LogP contribution in [0.15, 0.2) is 25.0 Å². The third kappa shape index (κ3) is 3.53. The molecule has 1 aliphatic carbocycles. The average Bonchev–Trinajstić information content (AvgIpc) is 3.02. The number of nitrogens with zero attached hydrogens (tertiary/aromatic N) is 5. The quantitative estimate of drug-likeness (QED) is 0.891. The minimum Gasteiger partial charge on any atom is -0.335 e. The van der Waals surface area contributed by atoms with Crippen molar-refractivity contribution in [3.05, 3.63) is 25.0 Å². The molecule has 2 aromatic rings. The lowest BCUT2D eigenvalue weighted by molar-refractivity contribution is 0.244. The molecule has 0 bridgehead atoms. The van der Waals surface area contributed by atoms with E-state index in [1.165, 1.54) is 42.9 Å². The molecule has 2 aromatic heterocycles. The number of amides is 2. The topological polar surface area (TPSA) is 97.6 Å². The van der Waals surface area contributed by atoms with Crippen LogP contribution >= 0.6 is 0 Å². The lowest BCUT2D eigenvalue weighted by Crippen LogP contribution is -2.39. The minimum absolute atomic E-state index is 0.231. The molecule has 0 aromatic carbocycles. The van der Waals surface area contributed by atoms with Crippen LogP contribution in [0.1, 0.15) is 32.1 Å². The first-order valence-corrected chi connectivity index (χ1v) is 7.06. The molecule has 2 amide bonds. The highest BCUT2D eigenvalue weighted by atomic mass is 16.2. The zero-order chi connectivity index (χ0) is 14.5. The van der Waals surface area contributed by atoms with Crippen molar-refractivity contribution >= 4 is 11.8 Å². The molecule has 8 nitrogen and oxygen atoms in total. The summed E-state index contributed by atoms with van der Waals surface area (Å²) in [5.41, 5.74) is 0. The molecule has 0 atom stereocenters. The Kier molecular flexibility index (Phi) is 4.04. The van der Waals surface area contributed by atoms with E-state index in [2.05, 4.69) is 30.7 Å². The number of anilines is 1. The van der Waals surface area contributed by atoms with Crippen LogP contribution in [0.2, 0.25) is 0 Å². The van der Waals surface area contributed by atoms with Gasteiger partial charge in [-0.25, -0.2) is 24.4 Å². The predicted octanol–water partition coefficient (Wildman–Crippen LogP) is 1.51. The van der Waals surface area contributed by atoms with E-state index in [1.54, 1.807) is 6.07 Å². The molecule has 0 saturated heterocycles. The second-order valence-electron chi connectivity index (χ2n) is 5.03. The molecular weight excluding hydrogens is 270 g/mol. The molecule has 0 unspecified atom stereocenters. The number of hydrogen-bond acceptors (Lipinski definition) is 5. The first-order valence-electron chi connectivity index (χ1n) is 7.06. The van der Waals surface area contributed by atoms with Crippen molar-refractivity contribution in [1.82, 2.24) is 30.0 Å². The van der Waals surface area contributed by atoms with E-state index in [-0.39, 0.29) is 12.1 Å². The Hall–Kier alpha value is -2.51. The molecular formula is C13H17N7O. The third-order valence-corrected chi connectivity index (χ3v) is 3.49. The highest BCUT2D eigenvalue weighted by Crippen LogP contribution is 2.17. The van der Waals surface area contributed by atoms with Gasteiger partial charge < -0.3 is 5.32 Å². The van der Waals surface area contributed by atoms with Crippen molar-refractivity contribution in [3.8, 4) is 5.82 Å². The number of rotatable bonds is 3. The van der Waals surface area contributed by atoms with Gasteiger partial charge in [-0.2, -0.15) is 5.10 Å². The molecule has 21 heavy (non-hydrogen) atoms. The van der Waals surface area contributed by atoms with E-state index in [9.17, 15) is 4.79 Å². The molecule has 1 saturated carbocycles. The Morgan fingerprint density at radius 3 is 2.81 bits per heavy atom. The molecule has 0 aliphatic heterocycles. The second-order valence-corrected chi connectivity index (χ2v) is 5.03. The maximum atomic E-state index is 12.0. The minimum atomic E-state index is -0.231. The van der Waals surface area contributed by atoms with Crippen LogP contribution in [-0.2, 0) is 0 Å². The molecule has 110 valence electrons. The van der Waals surface area contributed by atoms with Crippen LogP contribution in [0, 0.1) is 0 Å². The molecule has 8 heteroatoms. The first-order chi connectivity index (χ1) is 10.3. The van der Waals surface area contributed by atoms with Gasteiger partial charge in [-0.1, -0.05) is 19.3 Å². The Morgan fingerprint density at radius 2 is 2.05 bits per heavy atom. The van der Waals surface area contributed by atoms with E-state index in [4.69, 9.17) is 0 Å². The third-order valence-electron chi connectivity index (χ3n) is 3.49. The highest BCUT2D eigenvalue weighted by Gasteiger charge is 2.16. The van der Waals surface area contributed by atoms with Gasteiger partial charge in [0, 0.05) is 12.1 Å². The van der Waals surface area contributed by atoms with Gasteiger partial charge in [-0.05, 0) is 12.8 Å². The molecule has 1 aliphatic rings. The summed E-state index contributed by atoms with van der Waals surface area (Å²) in [5.74, 6) is 0.985. The highest BCUT2D eigenvalue weighted by molar-refractivity contribution is 5.88. The molecule has 0 radical (unpaired) electrons. The normalized spacial score (nSPS) is 15.6. The van der Waals surface area contributed by atoms with Gasteiger partial charge in [0.05, 0.1) is 0 Å². The van der Waals surface area contributed by atoms with Crippen molar-refractivity contribution < 1.29 is 4.79 Å². The maximum Gasteiger partial charge on any atom is 0.320 e. The molecule has 1 fully saturated rings. The molecule has 2 N–H and O–H groups in total. The average molecular weight is 287 g/mol. The standard InChI is InChI=1S/C13H17N7O/c21-13(18-10-4-2-1-3-5-10)19-11-6-12(16-8-15-11)20-9-14-7-17-20/h6-10H,1-5H2,(H2,15,16,18,19,21). The SMILES string of the molecule is O=C(Nc1cc(-n2cncn2)ncn1)NC1CCCCC1. The van der Waals surface area contributed by atoms with E-state index >= 15 is 0 Å². The molecule has 0 spiro atoms. The summed E-state index contributed by atoms with van der Waals surface area (Å²) in [6.07, 6.45) is 10.0. The zero-order valence-corrected chi connectivity index (χ0v) is 11.6. The summed E-state index contributed by atoms with van der Waals surface area (Å²) in [5, 5.41) is 9.69. The van der Waals surface area contributed by atoms with Gasteiger partial charge in [0.1, 0.15) is 24.8 Å². The van der Waals surface area contributed by atoms with Crippen LogP contribution < -0.4 is 10.6 Å². The van der Waals surface area contributed by atoms with Crippen molar-refractivity contribution in [1.29, 1.82) is 0 Å². The van der Waals surface area contributed by atoms with Crippen LogP contribution in [-0.4, -0.2) is 36.8 Å². The number of nitrogens with one attached hydrogen (secondary N) is 2. The van der Waals surface area contributed by atoms with Gasteiger partial charge in [0.15, 0.2) is 5.82 Å². The number of hydrogen-bond donors (Lipinski definition) is 2. The van der Waals surface area contributed by atoms with Crippen LogP contribution in [0.25, 0.3) is 5.82 Å². The zero-order valence-electron chi connectivity index (χ0n) is 11.6. The first kappa shape index (κ1) is 13.5. The smallest absolute Gasteiger partial charge is 0.320 e. The largest absolute Gasteiger partial charge is 0.335 e.